The van der Waals surface area contributed by atoms with Crippen molar-refractivity contribution in [2.24, 2.45) is 7.05 Å². The minimum absolute atomic E-state index is 0.269. The second-order valence-electron chi connectivity index (χ2n) is 6.81. The number of aromatic nitrogens is 4. The quantitative estimate of drug-likeness (QED) is 0.741. The van der Waals surface area contributed by atoms with Crippen LogP contribution < -0.4 is 10.1 Å². The molecule has 3 heterocycles. The SMILES string of the molecule is Cn1ncc(-c2nc(C3CC3)no2)c1NC(=O)[C@@H]1Cc2cc(Cl)ccc2O1. The lowest BCUT2D eigenvalue weighted by Crippen LogP contribution is -2.32. The minimum Gasteiger partial charge on any atom is -0.480 e. The lowest BCUT2D eigenvalue weighted by atomic mass is 10.1. The van der Waals surface area contributed by atoms with Crippen LogP contribution in [0.25, 0.3) is 11.5 Å². The maximum atomic E-state index is 12.7. The number of anilines is 1. The third-order valence-corrected chi connectivity index (χ3v) is 5.02. The average Bonchev–Trinajstić information content (AvgIpc) is 3.07. The molecule has 9 heteroatoms. The van der Waals surface area contributed by atoms with Crippen molar-refractivity contribution in [2.75, 3.05) is 5.32 Å². The fourth-order valence-corrected chi connectivity index (χ4v) is 3.35. The Balaban J connectivity index is 1.36. The van der Waals surface area contributed by atoms with Crippen LogP contribution in [0.5, 0.6) is 5.75 Å². The molecule has 0 bridgehead atoms. The molecule has 0 saturated heterocycles. The van der Waals surface area contributed by atoms with Crippen LogP contribution in [0.4, 0.5) is 5.82 Å². The van der Waals surface area contributed by atoms with Gasteiger partial charge >= 0.3 is 0 Å². The number of carbonyl (C=O) groups is 1. The Morgan fingerprint density at radius 2 is 2.22 bits per heavy atom. The molecule has 1 atom stereocenters. The van der Waals surface area contributed by atoms with Crippen molar-refractivity contribution in [3.8, 4) is 17.2 Å². The molecule has 138 valence electrons. The topological polar surface area (TPSA) is 95.1 Å². The third kappa shape index (κ3) is 2.95. The fraction of sp³-hybridized carbons (Fsp3) is 0.333. The first kappa shape index (κ1) is 16.3. The molecule has 1 amide bonds. The number of aryl methyl sites for hydroxylation is 1. The zero-order chi connectivity index (χ0) is 18.5. The minimum atomic E-state index is -0.633. The van der Waals surface area contributed by atoms with E-state index in [0.717, 1.165) is 18.4 Å². The number of benzene rings is 1. The van der Waals surface area contributed by atoms with Crippen LogP contribution in [-0.4, -0.2) is 31.9 Å². The highest BCUT2D eigenvalue weighted by Crippen LogP contribution is 2.39. The molecule has 0 unspecified atom stereocenters. The Morgan fingerprint density at radius 3 is 3.04 bits per heavy atom. The molecule has 2 aliphatic rings. The summed E-state index contributed by atoms with van der Waals surface area (Å²) < 4.78 is 12.7. The average molecular weight is 386 g/mol. The Kier molecular flexibility index (Phi) is 3.68. The summed E-state index contributed by atoms with van der Waals surface area (Å²) in [4.78, 5) is 17.2. The zero-order valence-corrected chi connectivity index (χ0v) is 15.2. The van der Waals surface area contributed by atoms with E-state index in [1.54, 1.807) is 30.1 Å². The highest BCUT2D eigenvalue weighted by atomic mass is 35.5. The molecule has 1 fully saturated rings. The molecule has 8 nitrogen and oxygen atoms in total. The summed E-state index contributed by atoms with van der Waals surface area (Å²) in [6.45, 7) is 0. The third-order valence-electron chi connectivity index (χ3n) is 4.78. The van der Waals surface area contributed by atoms with Crippen molar-refractivity contribution in [3.63, 3.8) is 0 Å². The number of halogens is 1. The maximum Gasteiger partial charge on any atom is 0.266 e. The van der Waals surface area contributed by atoms with Gasteiger partial charge in [-0.3, -0.25) is 9.48 Å². The first-order chi connectivity index (χ1) is 13.1. The van der Waals surface area contributed by atoms with Gasteiger partial charge in [0.15, 0.2) is 11.9 Å². The van der Waals surface area contributed by atoms with Crippen LogP contribution in [0.3, 0.4) is 0 Å². The van der Waals surface area contributed by atoms with Crippen molar-refractivity contribution < 1.29 is 14.1 Å². The lowest BCUT2D eigenvalue weighted by Gasteiger charge is -2.12. The van der Waals surface area contributed by atoms with Crippen molar-refractivity contribution >= 4 is 23.3 Å². The van der Waals surface area contributed by atoms with Gasteiger partial charge in [-0.05, 0) is 36.6 Å². The van der Waals surface area contributed by atoms with E-state index in [2.05, 4.69) is 20.6 Å². The van der Waals surface area contributed by atoms with Crippen molar-refractivity contribution in [1.29, 1.82) is 0 Å². The molecule has 1 N–H and O–H groups in total. The predicted molar refractivity (Wildman–Crippen MR) is 96.7 cm³/mol. The molecular weight excluding hydrogens is 370 g/mol. The van der Waals surface area contributed by atoms with Gasteiger partial charge < -0.3 is 14.6 Å². The molecule has 1 aliphatic heterocycles. The number of carbonyl (C=O) groups excluding carboxylic acids is 1. The Labute approximate surface area is 159 Å². The summed E-state index contributed by atoms with van der Waals surface area (Å²) in [6, 6.07) is 5.34. The monoisotopic (exact) mass is 385 g/mol. The van der Waals surface area contributed by atoms with Gasteiger partial charge in [-0.15, -0.1) is 0 Å². The molecule has 0 radical (unpaired) electrons. The maximum absolute atomic E-state index is 12.7. The second-order valence-corrected chi connectivity index (χ2v) is 7.25. The summed E-state index contributed by atoms with van der Waals surface area (Å²) in [5.74, 6) is 2.34. The molecule has 1 aromatic carbocycles. The van der Waals surface area contributed by atoms with E-state index in [1.807, 2.05) is 6.07 Å². The number of nitrogens with zero attached hydrogens (tertiary/aromatic N) is 4. The van der Waals surface area contributed by atoms with E-state index < -0.39 is 6.10 Å². The molecule has 3 aromatic rings. The fourth-order valence-electron chi connectivity index (χ4n) is 3.15. The van der Waals surface area contributed by atoms with Gasteiger partial charge in [0.05, 0.1) is 6.20 Å². The molecule has 0 spiro atoms. The second kappa shape index (κ2) is 6.09. The number of nitrogens with one attached hydrogen (secondary N) is 1. The summed E-state index contributed by atoms with van der Waals surface area (Å²) in [6.07, 6.45) is 3.59. The molecule has 27 heavy (non-hydrogen) atoms. The van der Waals surface area contributed by atoms with Crippen molar-refractivity contribution in [2.45, 2.75) is 31.3 Å². The van der Waals surface area contributed by atoms with Gasteiger partial charge in [-0.25, -0.2) is 0 Å². The molecule has 1 aliphatic carbocycles. The van der Waals surface area contributed by atoms with Gasteiger partial charge in [0.1, 0.15) is 17.1 Å². The Hall–Kier alpha value is -2.87. The first-order valence-corrected chi connectivity index (χ1v) is 9.08. The van der Waals surface area contributed by atoms with E-state index in [0.29, 0.717) is 46.2 Å². The Bertz CT molecular complexity index is 1040. The number of ether oxygens (including phenoxy) is 1. The number of hydrogen-bond donors (Lipinski definition) is 1. The van der Waals surface area contributed by atoms with Gasteiger partial charge in [-0.2, -0.15) is 10.1 Å². The van der Waals surface area contributed by atoms with Crippen molar-refractivity contribution in [3.05, 3.63) is 40.8 Å². The largest absolute Gasteiger partial charge is 0.480 e. The number of fused-ring (bicyclic) bond motifs is 1. The van der Waals surface area contributed by atoms with Crippen LogP contribution >= 0.6 is 11.6 Å². The Morgan fingerprint density at radius 1 is 1.37 bits per heavy atom. The summed E-state index contributed by atoms with van der Waals surface area (Å²) in [7, 11) is 1.74. The van der Waals surface area contributed by atoms with Crippen LogP contribution in [-0.2, 0) is 18.3 Å². The number of amides is 1. The molecule has 1 saturated carbocycles. The van der Waals surface area contributed by atoms with E-state index >= 15 is 0 Å². The predicted octanol–water partition coefficient (Wildman–Crippen LogP) is 2.94. The lowest BCUT2D eigenvalue weighted by molar-refractivity contribution is -0.122. The van der Waals surface area contributed by atoms with E-state index in [9.17, 15) is 4.79 Å². The normalized spacial score (nSPS) is 18.2. The highest BCUT2D eigenvalue weighted by molar-refractivity contribution is 6.30. The van der Waals surface area contributed by atoms with Gasteiger partial charge in [0.2, 0.25) is 0 Å². The summed E-state index contributed by atoms with van der Waals surface area (Å²) in [5, 5.41) is 11.7. The summed E-state index contributed by atoms with van der Waals surface area (Å²) in [5.41, 5.74) is 1.50. The first-order valence-electron chi connectivity index (χ1n) is 8.70. The van der Waals surface area contributed by atoms with Crippen LogP contribution in [0.2, 0.25) is 5.02 Å². The molecule has 5 rings (SSSR count). The summed E-state index contributed by atoms with van der Waals surface area (Å²) >= 11 is 6.01. The highest BCUT2D eigenvalue weighted by Gasteiger charge is 2.32. The smallest absolute Gasteiger partial charge is 0.266 e. The number of hydrogen-bond acceptors (Lipinski definition) is 6. The van der Waals surface area contributed by atoms with Crippen LogP contribution in [0.15, 0.2) is 28.9 Å². The van der Waals surface area contributed by atoms with E-state index in [1.165, 1.54) is 0 Å². The standard InChI is InChI=1S/C18H16ClN5O3/c1-24-16(12(8-20-24)18-21-15(23-27-18)9-2-3-9)22-17(25)14-7-10-6-11(19)4-5-13(10)26-14/h4-6,8-9,14H,2-3,7H2,1H3,(H,22,25)/t14-/m0/s1. The van der Waals surface area contributed by atoms with Crippen LogP contribution in [0.1, 0.15) is 30.1 Å². The van der Waals surface area contributed by atoms with Crippen LogP contribution in [0, 0.1) is 0 Å². The van der Waals surface area contributed by atoms with Gasteiger partial charge in [-0.1, -0.05) is 16.8 Å². The molecular formula is C18H16ClN5O3. The zero-order valence-electron chi connectivity index (χ0n) is 14.5. The van der Waals surface area contributed by atoms with E-state index in [-0.39, 0.29) is 5.91 Å². The number of rotatable bonds is 4. The van der Waals surface area contributed by atoms with E-state index in [4.69, 9.17) is 20.9 Å². The van der Waals surface area contributed by atoms with Gasteiger partial charge in [0, 0.05) is 24.4 Å². The molecule has 2 aromatic heterocycles. The van der Waals surface area contributed by atoms with Gasteiger partial charge in [0.25, 0.3) is 11.8 Å². The van der Waals surface area contributed by atoms with Crippen molar-refractivity contribution in [1.82, 2.24) is 19.9 Å².